The highest BCUT2D eigenvalue weighted by atomic mass is 35.5. The number of pyridine rings is 1. The number of fused-ring (bicyclic) bond motifs is 1. The van der Waals surface area contributed by atoms with Crippen LogP contribution in [-0.2, 0) is 4.79 Å². The maximum atomic E-state index is 14.2. The molecule has 3 rings (SSSR count). The van der Waals surface area contributed by atoms with Gasteiger partial charge in [0.2, 0.25) is 5.91 Å². The van der Waals surface area contributed by atoms with Crippen LogP contribution in [0.1, 0.15) is 22.1 Å². The van der Waals surface area contributed by atoms with Gasteiger partial charge in [-0.05, 0) is 45.2 Å². The molecule has 170 valence electrons. The van der Waals surface area contributed by atoms with Crippen LogP contribution in [0.15, 0.2) is 48.6 Å². The summed E-state index contributed by atoms with van der Waals surface area (Å²) in [4.78, 5) is 18.7. The van der Waals surface area contributed by atoms with Gasteiger partial charge in [0.25, 0.3) is 0 Å². The summed E-state index contributed by atoms with van der Waals surface area (Å²) in [6.45, 7) is -0.889. The Kier molecular flexibility index (Phi) is 5.23. The van der Waals surface area contributed by atoms with Crippen molar-refractivity contribution in [3.63, 3.8) is 0 Å². The lowest BCUT2D eigenvalue weighted by Gasteiger charge is -2.16. The van der Waals surface area contributed by atoms with E-state index in [1.807, 2.05) is 6.07 Å². The van der Waals surface area contributed by atoms with Gasteiger partial charge >= 0.3 is 0 Å². The van der Waals surface area contributed by atoms with Crippen LogP contribution in [0.25, 0.3) is 10.9 Å². The summed E-state index contributed by atoms with van der Waals surface area (Å²) in [5, 5.41) is 13.9. The van der Waals surface area contributed by atoms with Gasteiger partial charge in [-0.2, -0.15) is 5.26 Å². The SMILES string of the molecule is [2H]/C(=C\CN(C)C)C(=O)Nc1c(OC([2H])([2H])C)cc2ncc(C#N)c(Nc3c([2H])c([2H])c(F)c(Cl)c3[2H])c2c1[2H]. The van der Waals surface area contributed by atoms with Crippen molar-refractivity contribution >= 4 is 45.5 Å². The largest absolute Gasteiger partial charge is 0.492 e. The Morgan fingerprint density at radius 2 is 2.27 bits per heavy atom. The Balaban J connectivity index is 2.31. The Morgan fingerprint density at radius 1 is 1.48 bits per heavy atom. The molecule has 0 unspecified atom stereocenters. The van der Waals surface area contributed by atoms with Gasteiger partial charge in [-0.1, -0.05) is 17.7 Å². The second-order valence-corrected chi connectivity index (χ2v) is 7.18. The Hall–Kier alpha value is -3.67. The zero-order valence-corrected chi connectivity index (χ0v) is 18.6. The molecule has 0 radical (unpaired) electrons. The van der Waals surface area contributed by atoms with E-state index in [0.717, 1.165) is 13.1 Å². The molecule has 2 N–H and O–H groups in total. The number of rotatable bonds is 8. The molecule has 1 heterocycles. The first-order chi connectivity index (χ1) is 18.6. The van der Waals surface area contributed by atoms with Gasteiger partial charge < -0.3 is 20.3 Å². The zero-order valence-electron chi connectivity index (χ0n) is 24.9. The van der Waals surface area contributed by atoms with Gasteiger partial charge in [0.05, 0.1) is 43.6 Å². The van der Waals surface area contributed by atoms with E-state index < -0.39 is 59.2 Å². The van der Waals surface area contributed by atoms with Crippen LogP contribution in [-0.4, -0.2) is 43.0 Å². The monoisotopic (exact) mass is 474 g/mol. The van der Waals surface area contributed by atoms with E-state index in [9.17, 15) is 14.4 Å². The van der Waals surface area contributed by atoms with E-state index in [1.165, 1.54) is 12.1 Å². The topological polar surface area (TPSA) is 90.3 Å². The van der Waals surface area contributed by atoms with Crippen molar-refractivity contribution in [2.24, 2.45) is 0 Å². The number of hydrogen-bond acceptors (Lipinski definition) is 6. The second-order valence-electron chi connectivity index (χ2n) is 6.80. The Labute approximate surface area is 206 Å². The highest BCUT2D eigenvalue weighted by Crippen LogP contribution is 2.36. The van der Waals surface area contributed by atoms with Gasteiger partial charge in [0, 0.05) is 35.9 Å². The molecular weight excluding hydrogens is 445 g/mol. The number of aromatic nitrogens is 1. The lowest BCUT2D eigenvalue weighted by Crippen LogP contribution is -2.13. The maximum Gasteiger partial charge on any atom is 0.248 e. The summed E-state index contributed by atoms with van der Waals surface area (Å²) in [6, 6.07) is -0.167. The van der Waals surface area contributed by atoms with Gasteiger partial charge in [0.1, 0.15) is 17.6 Å². The predicted molar refractivity (Wildman–Crippen MR) is 129 cm³/mol. The Morgan fingerprint density at radius 3 is 2.97 bits per heavy atom. The summed E-state index contributed by atoms with van der Waals surface area (Å²) in [6.07, 6.45) is 2.43. The number of benzene rings is 2. The van der Waals surface area contributed by atoms with E-state index in [0.29, 0.717) is 0 Å². The number of ether oxygens (including phenoxy) is 1. The number of hydrogen-bond donors (Lipinski definition) is 2. The summed E-state index contributed by atoms with van der Waals surface area (Å²) >= 11 is 5.84. The predicted octanol–water partition coefficient (Wildman–Crippen LogP) is 5.10. The van der Waals surface area contributed by atoms with Crippen molar-refractivity contribution < 1.29 is 23.5 Å². The third-order valence-corrected chi connectivity index (χ3v) is 4.37. The van der Waals surface area contributed by atoms with Crippen molar-refractivity contribution in [3.05, 3.63) is 65.0 Å². The van der Waals surface area contributed by atoms with Crippen LogP contribution in [0.2, 0.25) is 5.02 Å². The van der Waals surface area contributed by atoms with E-state index in [-0.39, 0.29) is 40.1 Å². The number of likely N-dealkylation sites (N-methyl/N-ethyl adjacent to an activating group) is 1. The summed E-state index contributed by atoms with van der Waals surface area (Å²) in [7, 11) is 3.47. The fourth-order valence-electron chi connectivity index (χ4n) is 2.67. The molecule has 0 aliphatic heterocycles. The molecule has 0 atom stereocenters. The first-order valence-electron chi connectivity index (χ1n) is 13.0. The molecule has 0 aliphatic rings. The first-order valence-corrected chi connectivity index (χ1v) is 9.85. The molecule has 0 spiro atoms. The van der Waals surface area contributed by atoms with Crippen LogP contribution in [0.5, 0.6) is 5.75 Å². The number of carbonyl (C=O) groups is 1. The minimum Gasteiger partial charge on any atom is -0.492 e. The second kappa shape index (κ2) is 10.8. The molecule has 0 saturated carbocycles. The normalized spacial score (nSPS) is 14.8. The quantitative estimate of drug-likeness (QED) is 0.441. The summed E-state index contributed by atoms with van der Waals surface area (Å²) < 4.78 is 76.2. The highest BCUT2D eigenvalue weighted by Gasteiger charge is 2.15. The van der Waals surface area contributed by atoms with E-state index in [1.54, 1.807) is 19.0 Å². The molecule has 9 heteroatoms. The standard InChI is InChI=1S/C24H23ClFN5O2/c1-4-33-22-12-20-17(11-21(22)30-23(32)6-5-9-31(2)3)24(15(13-27)14-28-20)29-16-7-8-19(26)18(25)10-16/h5-8,10-12,14H,4,9H2,1-3H3,(H,28,29)(H,30,32)/b6-5+/i4D2,6D,7D,8D,10D,11D. The molecule has 3 aromatic rings. The lowest BCUT2D eigenvalue weighted by atomic mass is 10.1. The van der Waals surface area contributed by atoms with Crippen molar-refractivity contribution in [2.45, 2.75) is 6.92 Å². The number of amides is 1. The molecule has 1 aromatic heterocycles. The third kappa shape index (κ3) is 5.98. The smallest absolute Gasteiger partial charge is 0.248 e. The summed E-state index contributed by atoms with van der Waals surface area (Å²) in [5.41, 5.74) is -1.11. The van der Waals surface area contributed by atoms with Gasteiger partial charge in [-0.25, -0.2) is 4.39 Å². The molecule has 0 bridgehead atoms. The number of nitrogens with one attached hydrogen (secondary N) is 2. The molecule has 0 fully saturated rings. The lowest BCUT2D eigenvalue weighted by molar-refractivity contribution is -0.111. The Bertz CT molecular complexity index is 1560. The fraction of sp³-hybridized carbons (Fsp3) is 0.208. The molecule has 7 nitrogen and oxygen atoms in total. The first kappa shape index (κ1) is 16.0. The molecular formula is C24H23ClFN5O2. The van der Waals surface area contributed by atoms with E-state index >= 15 is 0 Å². The summed E-state index contributed by atoms with van der Waals surface area (Å²) in [5.74, 6) is -2.48. The van der Waals surface area contributed by atoms with Crippen LogP contribution in [0, 0.1) is 17.1 Å². The third-order valence-electron chi connectivity index (χ3n) is 4.11. The van der Waals surface area contributed by atoms with Crippen molar-refractivity contribution in [2.75, 3.05) is 37.8 Å². The minimum atomic E-state index is -2.26. The van der Waals surface area contributed by atoms with Gasteiger partial charge in [-0.15, -0.1) is 0 Å². The number of halogens is 2. The van der Waals surface area contributed by atoms with Crippen molar-refractivity contribution in [3.8, 4) is 11.8 Å². The molecule has 2 aromatic carbocycles. The minimum absolute atomic E-state index is 0.00429. The molecule has 0 saturated heterocycles. The van der Waals surface area contributed by atoms with Crippen molar-refractivity contribution in [1.29, 1.82) is 5.26 Å². The van der Waals surface area contributed by atoms with Crippen LogP contribution >= 0.6 is 11.6 Å². The average Bonchev–Trinajstić information content (AvgIpc) is 2.88. The molecule has 1 amide bonds. The number of nitrogens with zero attached hydrogens (tertiary/aromatic N) is 3. The van der Waals surface area contributed by atoms with Gasteiger partial charge in [-0.3, -0.25) is 9.78 Å². The van der Waals surface area contributed by atoms with E-state index in [2.05, 4.69) is 15.6 Å². The number of nitriles is 1. The highest BCUT2D eigenvalue weighted by molar-refractivity contribution is 6.31. The van der Waals surface area contributed by atoms with Gasteiger partial charge in [0.15, 0.2) is 0 Å². The van der Waals surface area contributed by atoms with Crippen LogP contribution in [0.4, 0.5) is 21.5 Å². The number of anilines is 3. The van der Waals surface area contributed by atoms with Crippen molar-refractivity contribution in [1.82, 2.24) is 9.88 Å². The molecule has 0 aliphatic carbocycles. The van der Waals surface area contributed by atoms with E-state index in [4.69, 9.17) is 25.9 Å². The number of carbonyl (C=O) groups excluding carboxylic acids is 1. The molecule has 33 heavy (non-hydrogen) atoms. The fourth-order valence-corrected chi connectivity index (χ4v) is 2.81. The van der Waals surface area contributed by atoms with Crippen LogP contribution in [0.3, 0.4) is 0 Å². The zero-order chi connectivity index (χ0) is 30.1. The average molecular weight is 475 g/mol. The maximum absolute atomic E-state index is 14.2. The van der Waals surface area contributed by atoms with Crippen LogP contribution < -0.4 is 15.4 Å².